The second kappa shape index (κ2) is 7.90. The van der Waals surface area contributed by atoms with Gasteiger partial charge in [0.25, 0.3) is 5.91 Å². The van der Waals surface area contributed by atoms with Crippen LogP contribution in [0.4, 0.5) is 0 Å². The van der Waals surface area contributed by atoms with Crippen LogP contribution in [0.25, 0.3) is 5.82 Å². The van der Waals surface area contributed by atoms with E-state index in [4.69, 9.17) is 9.47 Å². The van der Waals surface area contributed by atoms with Gasteiger partial charge in [-0.15, -0.1) is 0 Å². The van der Waals surface area contributed by atoms with E-state index in [1.165, 1.54) is 0 Å². The predicted octanol–water partition coefficient (Wildman–Crippen LogP) is 3.08. The second-order valence-corrected chi connectivity index (χ2v) is 6.05. The van der Waals surface area contributed by atoms with Gasteiger partial charge in [0, 0.05) is 6.20 Å². The number of pyridine rings is 1. The topological polar surface area (TPSA) is 78.3 Å². The summed E-state index contributed by atoms with van der Waals surface area (Å²) in [7, 11) is 3.17. The summed E-state index contributed by atoms with van der Waals surface area (Å²) < 4.78 is 12.2. The summed E-state index contributed by atoms with van der Waals surface area (Å²) in [6, 6.07) is 10.9. The number of methoxy groups -OCH3 is 2. The lowest BCUT2D eigenvalue weighted by Crippen LogP contribution is -2.27. The Kier molecular flexibility index (Phi) is 5.40. The second-order valence-electron chi connectivity index (χ2n) is 6.05. The molecule has 0 aliphatic rings. The number of benzene rings is 1. The van der Waals surface area contributed by atoms with Gasteiger partial charge in [0.15, 0.2) is 17.3 Å². The summed E-state index contributed by atoms with van der Waals surface area (Å²) >= 11 is 0. The number of amides is 1. The van der Waals surface area contributed by atoms with E-state index in [0.717, 1.165) is 11.3 Å². The van der Waals surface area contributed by atoms with Crippen LogP contribution >= 0.6 is 0 Å². The Balaban J connectivity index is 1.79. The van der Waals surface area contributed by atoms with Gasteiger partial charge in [0.1, 0.15) is 0 Å². The maximum absolute atomic E-state index is 12.7. The minimum absolute atomic E-state index is 0.197. The number of aromatic nitrogens is 3. The largest absolute Gasteiger partial charge is 0.493 e. The molecule has 0 saturated heterocycles. The van der Waals surface area contributed by atoms with Crippen molar-refractivity contribution in [2.24, 2.45) is 0 Å². The van der Waals surface area contributed by atoms with Crippen molar-refractivity contribution in [3.05, 3.63) is 65.6 Å². The van der Waals surface area contributed by atoms with E-state index in [-0.39, 0.29) is 11.9 Å². The highest BCUT2D eigenvalue weighted by atomic mass is 16.5. The highest BCUT2D eigenvalue weighted by molar-refractivity contribution is 5.95. The lowest BCUT2D eigenvalue weighted by atomic mass is 10.1. The highest BCUT2D eigenvalue weighted by Gasteiger charge is 2.18. The van der Waals surface area contributed by atoms with Crippen molar-refractivity contribution >= 4 is 5.91 Å². The third kappa shape index (κ3) is 3.76. The zero-order chi connectivity index (χ0) is 19.4. The van der Waals surface area contributed by atoms with Crippen molar-refractivity contribution in [1.29, 1.82) is 0 Å². The van der Waals surface area contributed by atoms with Gasteiger partial charge in [0.05, 0.1) is 37.7 Å². The van der Waals surface area contributed by atoms with Crippen LogP contribution in [0.1, 0.15) is 34.6 Å². The molecule has 0 bridgehead atoms. The number of hydrogen-bond donors (Lipinski definition) is 1. The van der Waals surface area contributed by atoms with Crippen LogP contribution in [0.5, 0.6) is 11.5 Å². The Morgan fingerprint density at radius 3 is 2.59 bits per heavy atom. The van der Waals surface area contributed by atoms with Gasteiger partial charge in [-0.1, -0.05) is 12.1 Å². The summed E-state index contributed by atoms with van der Waals surface area (Å²) in [5.74, 6) is 1.74. The predicted molar refractivity (Wildman–Crippen MR) is 102 cm³/mol. The zero-order valence-corrected chi connectivity index (χ0v) is 15.8. The molecule has 0 saturated carbocycles. The molecule has 0 spiro atoms. The molecular weight excluding hydrogens is 344 g/mol. The lowest BCUT2D eigenvalue weighted by molar-refractivity contribution is 0.0939. The summed E-state index contributed by atoms with van der Waals surface area (Å²) in [4.78, 5) is 17.0. The van der Waals surface area contributed by atoms with Crippen molar-refractivity contribution < 1.29 is 14.3 Å². The van der Waals surface area contributed by atoms with E-state index in [1.807, 2.05) is 50.2 Å². The van der Waals surface area contributed by atoms with Gasteiger partial charge in [-0.05, 0) is 43.7 Å². The van der Waals surface area contributed by atoms with Crippen molar-refractivity contribution in [3.63, 3.8) is 0 Å². The quantitative estimate of drug-likeness (QED) is 0.725. The molecule has 27 heavy (non-hydrogen) atoms. The molecule has 3 rings (SSSR count). The average molecular weight is 366 g/mol. The first kappa shape index (κ1) is 18.4. The van der Waals surface area contributed by atoms with Crippen LogP contribution in [0.15, 0.2) is 48.8 Å². The molecule has 0 aliphatic heterocycles. The summed E-state index contributed by atoms with van der Waals surface area (Å²) in [5.41, 5.74) is 2.15. The van der Waals surface area contributed by atoms with Gasteiger partial charge in [0.2, 0.25) is 0 Å². The normalized spacial score (nSPS) is 11.7. The Morgan fingerprint density at radius 2 is 1.93 bits per heavy atom. The van der Waals surface area contributed by atoms with E-state index in [0.29, 0.717) is 22.9 Å². The number of carbonyl (C=O) groups excluding carboxylic acids is 1. The van der Waals surface area contributed by atoms with Crippen LogP contribution in [0.3, 0.4) is 0 Å². The summed E-state index contributed by atoms with van der Waals surface area (Å²) in [6.07, 6.45) is 3.25. The van der Waals surface area contributed by atoms with Gasteiger partial charge >= 0.3 is 0 Å². The monoisotopic (exact) mass is 366 g/mol. The highest BCUT2D eigenvalue weighted by Crippen LogP contribution is 2.30. The van der Waals surface area contributed by atoms with Gasteiger partial charge in [-0.3, -0.25) is 4.79 Å². The van der Waals surface area contributed by atoms with E-state index < -0.39 is 0 Å². The minimum atomic E-state index is -0.213. The Labute approximate surface area is 158 Å². The molecule has 0 radical (unpaired) electrons. The maximum atomic E-state index is 12.7. The van der Waals surface area contributed by atoms with E-state index in [1.54, 1.807) is 31.3 Å². The molecule has 3 aromatic rings. The molecule has 1 atom stereocenters. The van der Waals surface area contributed by atoms with Gasteiger partial charge in [-0.2, -0.15) is 5.10 Å². The smallest absolute Gasteiger partial charge is 0.255 e. The van der Waals surface area contributed by atoms with Crippen LogP contribution < -0.4 is 14.8 Å². The molecule has 7 nitrogen and oxygen atoms in total. The fourth-order valence-electron chi connectivity index (χ4n) is 2.82. The fourth-order valence-corrected chi connectivity index (χ4v) is 2.82. The van der Waals surface area contributed by atoms with Crippen LogP contribution in [0.2, 0.25) is 0 Å². The molecule has 7 heteroatoms. The van der Waals surface area contributed by atoms with Crippen molar-refractivity contribution in [2.75, 3.05) is 14.2 Å². The third-order valence-corrected chi connectivity index (χ3v) is 4.38. The number of nitrogens with one attached hydrogen (secondary N) is 1. The molecule has 0 aliphatic carbocycles. The van der Waals surface area contributed by atoms with Gasteiger partial charge in [-0.25, -0.2) is 9.67 Å². The van der Waals surface area contributed by atoms with E-state index in [9.17, 15) is 4.79 Å². The maximum Gasteiger partial charge on any atom is 0.255 e. The number of rotatable bonds is 6. The van der Waals surface area contributed by atoms with Crippen LogP contribution in [-0.2, 0) is 0 Å². The first-order valence-corrected chi connectivity index (χ1v) is 8.54. The minimum Gasteiger partial charge on any atom is -0.493 e. The fraction of sp³-hybridized carbons (Fsp3) is 0.250. The number of hydrogen-bond acceptors (Lipinski definition) is 5. The molecule has 140 valence electrons. The van der Waals surface area contributed by atoms with E-state index in [2.05, 4.69) is 15.4 Å². The molecule has 1 aromatic carbocycles. The number of carbonyl (C=O) groups is 1. The third-order valence-electron chi connectivity index (χ3n) is 4.38. The first-order chi connectivity index (χ1) is 13.0. The van der Waals surface area contributed by atoms with Gasteiger partial charge < -0.3 is 14.8 Å². The van der Waals surface area contributed by atoms with Crippen molar-refractivity contribution in [2.45, 2.75) is 19.9 Å². The molecule has 1 amide bonds. The van der Waals surface area contributed by atoms with Crippen molar-refractivity contribution in [1.82, 2.24) is 20.1 Å². The Morgan fingerprint density at radius 1 is 1.15 bits per heavy atom. The van der Waals surface area contributed by atoms with E-state index >= 15 is 0 Å². The summed E-state index contributed by atoms with van der Waals surface area (Å²) in [6.45, 7) is 3.76. The average Bonchev–Trinajstić information content (AvgIpc) is 3.09. The Hall–Kier alpha value is -3.35. The lowest BCUT2D eigenvalue weighted by Gasteiger charge is -2.16. The summed E-state index contributed by atoms with van der Waals surface area (Å²) in [5, 5.41) is 7.29. The standard InChI is InChI=1S/C20H22N4O3/c1-13(15-8-9-17(26-3)18(11-15)27-4)23-20(25)16-12-22-24(14(16)2)19-7-5-6-10-21-19/h5-13H,1-4H3,(H,23,25). The molecule has 2 heterocycles. The molecular formula is C20H22N4O3. The SMILES string of the molecule is COc1ccc(C(C)NC(=O)c2cnn(-c3ccccn3)c2C)cc1OC. The molecule has 1 unspecified atom stereocenters. The zero-order valence-electron chi connectivity index (χ0n) is 15.8. The molecule has 2 aromatic heterocycles. The number of ether oxygens (including phenoxy) is 2. The first-order valence-electron chi connectivity index (χ1n) is 8.54. The van der Waals surface area contributed by atoms with Crippen LogP contribution in [0, 0.1) is 6.92 Å². The molecule has 1 N–H and O–H groups in total. The van der Waals surface area contributed by atoms with Crippen LogP contribution in [-0.4, -0.2) is 34.9 Å². The Bertz CT molecular complexity index is 938. The number of nitrogens with zero attached hydrogens (tertiary/aromatic N) is 3. The molecule has 0 fully saturated rings. The van der Waals surface area contributed by atoms with Crippen molar-refractivity contribution in [3.8, 4) is 17.3 Å².